The number of benzene rings is 2. The van der Waals surface area contributed by atoms with Crippen molar-refractivity contribution in [3.63, 3.8) is 0 Å². The van der Waals surface area contributed by atoms with E-state index in [2.05, 4.69) is 31.1 Å². The maximum Gasteiger partial charge on any atom is 0.235 e. The first kappa shape index (κ1) is 17.0. The van der Waals surface area contributed by atoms with Gasteiger partial charge in [-0.1, -0.05) is 46.3 Å². The molecule has 0 spiro atoms. The van der Waals surface area contributed by atoms with Crippen LogP contribution in [0.3, 0.4) is 0 Å². The molecule has 0 fully saturated rings. The normalized spacial score (nSPS) is 10.4. The zero-order valence-electron chi connectivity index (χ0n) is 13.2. The minimum atomic E-state index is -0.240. The van der Waals surface area contributed by atoms with Crippen LogP contribution in [0, 0.1) is 0 Å². The first-order valence-electron chi connectivity index (χ1n) is 7.62. The second kappa shape index (κ2) is 7.85. The maximum absolute atomic E-state index is 12.7. The molecule has 0 aliphatic carbocycles. The molecule has 6 nitrogen and oxygen atoms in total. The maximum atomic E-state index is 12.7. The molecule has 0 bridgehead atoms. The van der Waals surface area contributed by atoms with E-state index in [1.807, 2.05) is 18.2 Å². The molecule has 0 atom stereocenters. The predicted molar refractivity (Wildman–Crippen MR) is 97.4 cm³/mol. The van der Waals surface area contributed by atoms with Gasteiger partial charge in [0.05, 0.1) is 13.0 Å². The third-order valence-corrected chi connectivity index (χ3v) is 4.14. The summed E-state index contributed by atoms with van der Waals surface area (Å²) < 4.78 is 0.893. The quantitative estimate of drug-likeness (QED) is 0.647. The van der Waals surface area contributed by atoms with Crippen LogP contribution in [-0.4, -0.2) is 33.4 Å². The fourth-order valence-corrected chi connectivity index (χ4v) is 2.62. The van der Waals surface area contributed by atoms with E-state index >= 15 is 0 Å². The minimum absolute atomic E-state index is 0.0199. The summed E-state index contributed by atoms with van der Waals surface area (Å²) in [7, 11) is 0. The first-order valence-corrected chi connectivity index (χ1v) is 8.41. The fraction of sp³-hybridized carbons (Fsp3) is 0.111. The molecule has 0 saturated heterocycles. The van der Waals surface area contributed by atoms with E-state index < -0.39 is 0 Å². The van der Waals surface area contributed by atoms with Crippen molar-refractivity contribution < 1.29 is 9.59 Å². The number of ketones is 1. The number of hydrogen-bond donors (Lipinski definition) is 1. The van der Waals surface area contributed by atoms with E-state index in [1.165, 1.54) is 11.2 Å². The van der Waals surface area contributed by atoms with Crippen molar-refractivity contribution in [2.24, 2.45) is 0 Å². The highest BCUT2D eigenvalue weighted by molar-refractivity contribution is 9.10. The first-order chi connectivity index (χ1) is 12.1. The van der Waals surface area contributed by atoms with Crippen LogP contribution in [0.15, 0.2) is 65.4 Å². The number of hydrogen-bond acceptors (Lipinski definition) is 4. The number of aromatic nitrogens is 3. The molecule has 0 saturated carbocycles. The van der Waals surface area contributed by atoms with Gasteiger partial charge in [0.1, 0.15) is 6.33 Å². The van der Waals surface area contributed by atoms with Gasteiger partial charge in [0.2, 0.25) is 5.91 Å². The van der Waals surface area contributed by atoms with E-state index in [0.29, 0.717) is 17.1 Å². The van der Waals surface area contributed by atoms with Gasteiger partial charge < -0.3 is 4.90 Å². The highest BCUT2D eigenvalue weighted by Gasteiger charge is 2.21. The van der Waals surface area contributed by atoms with Gasteiger partial charge in [-0.25, -0.2) is 4.98 Å². The number of para-hydroxylation sites is 1. The highest BCUT2D eigenvalue weighted by atomic mass is 79.9. The molecule has 0 radical (unpaired) electrons. The van der Waals surface area contributed by atoms with Crippen molar-refractivity contribution >= 4 is 33.3 Å². The van der Waals surface area contributed by atoms with Crippen LogP contribution in [0.5, 0.6) is 0 Å². The van der Waals surface area contributed by atoms with Crippen molar-refractivity contribution in [2.45, 2.75) is 6.42 Å². The molecule has 1 aromatic heterocycles. The molecule has 7 heteroatoms. The van der Waals surface area contributed by atoms with E-state index in [1.54, 1.807) is 36.4 Å². The Morgan fingerprint density at radius 2 is 1.76 bits per heavy atom. The standard InChI is InChI=1S/C18H15BrN4O2/c19-14-8-6-13(7-9-14)16(24)11-23(15-4-2-1-3-5-15)18(25)10-17-20-12-21-22-17/h1-9,12H,10-11H2,(H,20,21,22). The summed E-state index contributed by atoms with van der Waals surface area (Å²) in [6, 6.07) is 16.2. The molecule has 126 valence electrons. The van der Waals surface area contributed by atoms with Gasteiger partial charge in [0.25, 0.3) is 0 Å². The Hall–Kier alpha value is -2.80. The summed E-state index contributed by atoms with van der Waals surface area (Å²) >= 11 is 3.35. The molecule has 0 aliphatic heterocycles. The van der Waals surface area contributed by atoms with Crippen molar-refractivity contribution in [1.82, 2.24) is 15.2 Å². The number of rotatable bonds is 6. The van der Waals surface area contributed by atoms with E-state index in [4.69, 9.17) is 0 Å². The van der Waals surface area contributed by atoms with Crippen LogP contribution in [0.25, 0.3) is 0 Å². The van der Waals surface area contributed by atoms with Crippen LogP contribution in [0.4, 0.5) is 5.69 Å². The lowest BCUT2D eigenvalue weighted by atomic mass is 10.1. The molecule has 0 aliphatic rings. The second-order valence-electron chi connectivity index (χ2n) is 5.34. The van der Waals surface area contributed by atoms with Crippen LogP contribution in [0.1, 0.15) is 16.2 Å². The van der Waals surface area contributed by atoms with Gasteiger partial charge in [0, 0.05) is 15.7 Å². The molecule has 3 aromatic rings. The number of carbonyl (C=O) groups excluding carboxylic acids is 2. The average Bonchev–Trinajstić information content (AvgIpc) is 3.13. The van der Waals surface area contributed by atoms with Crippen LogP contribution < -0.4 is 4.90 Å². The van der Waals surface area contributed by atoms with Crippen LogP contribution in [0.2, 0.25) is 0 Å². The smallest absolute Gasteiger partial charge is 0.235 e. The Kier molecular flexibility index (Phi) is 5.35. The van der Waals surface area contributed by atoms with Crippen molar-refractivity contribution in [3.05, 3.63) is 76.8 Å². The number of nitrogens with one attached hydrogen (secondary N) is 1. The Bertz CT molecular complexity index is 849. The topological polar surface area (TPSA) is 79.0 Å². The average molecular weight is 399 g/mol. The van der Waals surface area contributed by atoms with Crippen molar-refractivity contribution in [1.29, 1.82) is 0 Å². The molecule has 1 N–H and O–H groups in total. The molecule has 1 heterocycles. The number of nitrogens with zero attached hydrogens (tertiary/aromatic N) is 3. The lowest BCUT2D eigenvalue weighted by Gasteiger charge is -2.21. The number of aromatic amines is 1. The van der Waals surface area contributed by atoms with Gasteiger partial charge in [-0.15, -0.1) is 0 Å². The SMILES string of the molecule is O=C(CN(C(=O)Cc1nc[nH]n1)c1ccccc1)c1ccc(Br)cc1. The second-order valence-corrected chi connectivity index (χ2v) is 6.25. The summed E-state index contributed by atoms with van der Waals surface area (Å²) in [5.74, 6) is 0.0120. The number of Topliss-reactive ketones (excluding diaryl/α,β-unsaturated/α-hetero) is 1. The van der Waals surface area contributed by atoms with Crippen molar-refractivity contribution in [3.8, 4) is 0 Å². The summed E-state index contributed by atoms with van der Waals surface area (Å²) in [6.07, 6.45) is 1.44. The predicted octanol–water partition coefficient (Wildman–Crippen LogP) is 3.03. The Balaban J connectivity index is 1.82. The van der Waals surface area contributed by atoms with E-state index in [9.17, 15) is 9.59 Å². The van der Waals surface area contributed by atoms with Gasteiger partial charge >= 0.3 is 0 Å². The molecule has 0 unspecified atom stereocenters. The number of carbonyl (C=O) groups is 2. The van der Waals surface area contributed by atoms with Crippen molar-refractivity contribution in [2.75, 3.05) is 11.4 Å². The molecule has 1 amide bonds. The lowest BCUT2D eigenvalue weighted by Crippen LogP contribution is -2.37. The third kappa shape index (κ3) is 4.39. The summed E-state index contributed by atoms with van der Waals surface area (Å²) in [5, 5.41) is 6.49. The van der Waals surface area contributed by atoms with Crippen LogP contribution in [-0.2, 0) is 11.2 Å². The molecule has 25 heavy (non-hydrogen) atoms. The molecule has 2 aromatic carbocycles. The zero-order chi connectivity index (χ0) is 17.6. The molecule has 3 rings (SSSR count). The Labute approximate surface area is 153 Å². The monoisotopic (exact) mass is 398 g/mol. The zero-order valence-corrected chi connectivity index (χ0v) is 14.8. The fourth-order valence-electron chi connectivity index (χ4n) is 2.35. The Morgan fingerprint density at radius 1 is 1.04 bits per heavy atom. The van der Waals surface area contributed by atoms with Gasteiger partial charge in [0.15, 0.2) is 11.6 Å². The molecular weight excluding hydrogens is 384 g/mol. The third-order valence-electron chi connectivity index (χ3n) is 3.61. The number of amides is 1. The van der Waals surface area contributed by atoms with E-state index in [0.717, 1.165) is 4.47 Å². The molecular formula is C18H15BrN4O2. The minimum Gasteiger partial charge on any atom is -0.304 e. The van der Waals surface area contributed by atoms with Gasteiger partial charge in [-0.3, -0.25) is 14.7 Å². The van der Waals surface area contributed by atoms with Gasteiger partial charge in [-0.05, 0) is 24.3 Å². The van der Waals surface area contributed by atoms with E-state index in [-0.39, 0.29) is 24.7 Å². The summed E-state index contributed by atoms with van der Waals surface area (Å²) in [6.45, 7) is -0.0467. The summed E-state index contributed by atoms with van der Waals surface area (Å²) in [5.41, 5.74) is 1.21. The number of halogens is 1. The van der Waals surface area contributed by atoms with Gasteiger partial charge in [-0.2, -0.15) is 5.10 Å². The Morgan fingerprint density at radius 3 is 2.40 bits per heavy atom. The lowest BCUT2D eigenvalue weighted by molar-refractivity contribution is -0.118. The van der Waals surface area contributed by atoms with Crippen LogP contribution >= 0.6 is 15.9 Å². The summed E-state index contributed by atoms with van der Waals surface area (Å²) in [4.78, 5) is 30.7. The highest BCUT2D eigenvalue weighted by Crippen LogP contribution is 2.17. The largest absolute Gasteiger partial charge is 0.304 e. The number of H-pyrrole nitrogens is 1. The number of anilines is 1.